The van der Waals surface area contributed by atoms with Crippen molar-refractivity contribution in [2.75, 3.05) is 0 Å². The van der Waals surface area contributed by atoms with Crippen LogP contribution in [0.2, 0.25) is 33.8 Å². The quantitative estimate of drug-likeness (QED) is 0.464. The Kier molecular flexibility index (Phi) is 0.121. The van der Waals surface area contributed by atoms with Crippen LogP contribution in [0.15, 0.2) is 0 Å². The van der Waals surface area contributed by atoms with E-state index >= 15 is 0 Å². The van der Waals surface area contributed by atoms with E-state index in [-0.39, 0.29) is 0 Å². The molecule has 0 aromatic carbocycles. The zero-order valence-electron chi connectivity index (χ0n) is 6.87. The van der Waals surface area contributed by atoms with Gasteiger partial charge in [0, 0.05) is 0 Å². The van der Waals surface area contributed by atoms with Gasteiger partial charge in [0.2, 0.25) is 0 Å². The van der Waals surface area contributed by atoms with Crippen LogP contribution in [0.1, 0.15) is 0 Å². The Morgan fingerprint density at radius 2 is 1.08 bits per heavy atom. The van der Waals surface area contributed by atoms with Gasteiger partial charge in [0.05, 0.1) is 0 Å². The molecule has 10 saturated heterocycles. The minimum absolute atomic E-state index is 0.885. The molecule has 10 rings (SSSR count). The first kappa shape index (κ1) is 4.90. The fraction of sp³-hybridized carbons (Fsp3) is 1.00. The summed E-state index contributed by atoms with van der Waals surface area (Å²) in [7, 11) is -3.16. The molecule has 0 aromatic rings. The Morgan fingerprint density at radius 3 is 1.08 bits per heavy atom. The van der Waals surface area contributed by atoms with Gasteiger partial charge < -0.3 is 0 Å². The summed E-state index contributed by atoms with van der Waals surface area (Å²) in [6.45, 7) is 0. The van der Waals surface area contributed by atoms with Crippen molar-refractivity contribution in [3.8, 4) is 0 Å². The molecule has 0 saturated carbocycles. The summed E-state index contributed by atoms with van der Waals surface area (Å²) in [5.74, 6) is 0. The van der Waals surface area contributed by atoms with Gasteiger partial charge in [-0.1, -0.05) is 0 Å². The molecule has 0 nitrogen and oxygen atoms in total. The van der Waals surface area contributed by atoms with E-state index in [1.54, 1.807) is 0 Å². The van der Waals surface area contributed by atoms with Crippen LogP contribution in [0.3, 0.4) is 0 Å². The molecular weight excluding hydrogens is 328 g/mol. The summed E-state index contributed by atoms with van der Waals surface area (Å²) >= 11 is 8.70. The van der Waals surface area contributed by atoms with Gasteiger partial charge in [-0.3, -0.25) is 0 Å². The van der Waals surface area contributed by atoms with Crippen molar-refractivity contribution in [3.63, 3.8) is 0 Å². The fourth-order valence-corrected chi connectivity index (χ4v) is 179. The van der Waals surface area contributed by atoms with Crippen molar-refractivity contribution in [2.45, 2.75) is 39.0 Å². The maximum absolute atomic E-state index is 4.35. The first-order valence-electron chi connectivity index (χ1n) is 6.35. The fourth-order valence-electron chi connectivity index (χ4n) is 23.2. The summed E-state index contributed by atoms with van der Waals surface area (Å²) < 4.78 is 13.3. The number of halogens is 2. The minimum atomic E-state index is -3.16. The molecule has 0 aromatic heterocycles. The van der Waals surface area contributed by atoms with Crippen LogP contribution in [0.4, 0.5) is 0 Å². The Labute approximate surface area is 79.0 Å². The molecule has 4 atom stereocenters. The number of fused-ring (bicyclic) bond motifs is 10. The Morgan fingerprint density at radius 1 is 0.692 bits per heavy atom. The second-order valence-electron chi connectivity index (χ2n) is 12.6. The average Bonchev–Trinajstić information content (AvgIpc) is 3.02. The summed E-state index contributed by atoms with van der Waals surface area (Å²) in [6.07, 6.45) is 0. The van der Waals surface area contributed by atoms with Crippen molar-refractivity contribution < 1.29 is 8.89 Å². The van der Waals surface area contributed by atoms with Crippen molar-refractivity contribution in [3.05, 3.63) is 0 Å². The van der Waals surface area contributed by atoms with Crippen molar-refractivity contribution in [2.24, 2.45) is 0 Å². The molecule has 0 radical (unpaired) electrons. The molecule has 0 bridgehead atoms. The normalized spacial score (nSPS) is 158. The van der Waals surface area contributed by atoms with E-state index in [9.17, 15) is 0 Å². The van der Waals surface area contributed by atoms with Crippen LogP contribution < -0.4 is 0 Å². The summed E-state index contributed by atoms with van der Waals surface area (Å²) in [6, 6.07) is 0. The maximum atomic E-state index is 4.35. The molecule has 10 heterocycles. The van der Waals surface area contributed by atoms with E-state index in [1.165, 1.54) is 33.8 Å². The van der Waals surface area contributed by atoms with Crippen LogP contribution >= 0.6 is 31.9 Å². The zero-order chi connectivity index (χ0) is 7.94. The molecular formula is C10H8Br2Ti. The predicted octanol–water partition coefficient (Wildman–Crippen LogP) is 3.98. The first-order valence-corrected chi connectivity index (χ1v) is 16.7. The topological polar surface area (TPSA) is 0 Å². The molecule has 10 aliphatic rings. The van der Waals surface area contributed by atoms with Crippen LogP contribution in [0, 0.1) is 0 Å². The molecule has 0 amide bonds. The molecule has 10 aliphatic heterocycles. The van der Waals surface area contributed by atoms with Crippen LogP contribution in [0.5, 0.6) is 0 Å². The van der Waals surface area contributed by atoms with E-state index in [1.807, 2.05) is 0 Å². The van der Waals surface area contributed by atoms with Crippen LogP contribution in [-0.2, 0) is 8.89 Å². The van der Waals surface area contributed by atoms with Gasteiger partial charge >= 0.3 is 79.8 Å². The second kappa shape index (κ2) is 0.321. The molecule has 66 valence electrons. The van der Waals surface area contributed by atoms with Gasteiger partial charge in [0.1, 0.15) is 0 Å². The molecule has 1 spiro atoms. The summed E-state index contributed by atoms with van der Waals surface area (Å²) in [5.41, 5.74) is 0. The van der Waals surface area contributed by atoms with Crippen molar-refractivity contribution >= 4 is 31.9 Å². The van der Waals surface area contributed by atoms with Crippen LogP contribution in [-0.4, -0.2) is 5.26 Å². The Bertz CT molecular complexity index is 822. The number of hydrogen-bond acceptors (Lipinski definition) is 0. The third-order valence-electron chi connectivity index (χ3n) is 20.0. The van der Waals surface area contributed by atoms with E-state index in [0.29, 0.717) is 0 Å². The molecule has 4 unspecified atom stereocenters. The van der Waals surface area contributed by atoms with Crippen LogP contribution in [0.25, 0.3) is 0 Å². The Balaban J connectivity index is 2.20. The summed E-state index contributed by atoms with van der Waals surface area (Å²) in [4.78, 5) is 0. The standard InChI is InChI=1S/C5H3Br2.C5H5.Ti/c6-4-2-1-3-5(4)7;1-2-4-5-3-1;/h1-3H;1-5H;. The first-order chi connectivity index (χ1) is 5.94. The number of hydrogen-bond donors (Lipinski definition) is 0. The third kappa shape index (κ3) is 0.0356. The number of rotatable bonds is 0. The third-order valence-corrected chi connectivity index (χ3v) is 101. The van der Waals surface area contributed by atoms with Gasteiger partial charge in [0.25, 0.3) is 0 Å². The second-order valence-corrected chi connectivity index (χ2v) is 50.3. The van der Waals surface area contributed by atoms with Crippen molar-refractivity contribution in [1.29, 1.82) is 0 Å². The summed E-state index contributed by atoms with van der Waals surface area (Å²) in [5, 5.41) is 0. The molecule has 0 N–H and O–H groups in total. The zero-order valence-corrected chi connectivity index (χ0v) is 11.6. The molecule has 3 heteroatoms. The average molecular weight is 336 g/mol. The van der Waals surface area contributed by atoms with Gasteiger partial charge in [-0.25, -0.2) is 0 Å². The van der Waals surface area contributed by atoms with E-state index in [0.717, 1.165) is 5.26 Å². The molecule has 13 heavy (non-hydrogen) atoms. The van der Waals surface area contributed by atoms with E-state index in [4.69, 9.17) is 0 Å². The molecule has 0 aliphatic carbocycles. The molecule has 10 fully saturated rings. The van der Waals surface area contributed by atoms with Gasteiger partial charge in [-0.2, -0.15) is 0 Å². The van der Waals surface area contributed by atoms with Gasteiger partial charge in [-0.05, 0) is 0 Å². The van der Waals surface area contributed by atoms with E-state index in [2.05, 4.69) is 31.9 Å². The van der Waals surface area contributed by atoms with E-state index < -0.39 is 8.89 Å². The SMILES string of the molecule is Br[C]12[CH]3[CH]4[CH]5[C]1(Br)[Ti]43521678[CH]2[CH]1[CH]6[CH]7[CH]28. The Hall–Kier alpha value is 1.67. The predicted molar refractivity (Wildman–Crippen MR) is 53.3 cm³/mol. The van der Waals surface area contributed by atoms with Gasteiger partial charge in [0.15, 0.2) is 0 Å². The van der Waals surface area contributed by atoms with Crippen molar-refractivity contribution in [1.82, 2.24) is 0 Å². The van der Waals surface area contributed by atoms with Gasteiger partial charge in [-0.15, -0.1) is 0 Å². The monoisotopic (exact) mass is 334 g/mol. The number of alkyl halides is 2.